The van der Waals surface area contributed by atoms with Crippen LogP contribution in [-0.2, 0) is 9.47 Å². The number of rotatable bonds is 21. The van der Waals surface area contributed by atoms with E-state index in [1.807, 2.05) is 12.1 Å². The summed E-state index contributed by atoms with van der Waals surface area (Å²) in [5.74, 6) is -1.17. The summed E-state index contributed by atoms with van der Waals surface area (Å²) in [4.78, 5) is 0. The standard InChI is InChI=1S/C38H58N4O8/c43-33(27-41(21-11-5-12-22-41)39-37(47)35(45)31-17-7-3-8-18-31)29-49-25-15-1-2-16-26-50-30-34(44)28-42(23-13-6-14-24-42)40-38(48)36(46)32-19-9-4-10-20-32/h3-4,7-10,17-20,33-36,43-46H,1-2,5-6,11-16,21-30H2. The molecule has 2 aliphatic heterocycles. The highest BCUT2D eigenvalue weighted by Crippen LogP contribution is 2.24. The topological polar surface area (TPSA) is 170 Å². The average Bonchev–Trinajstić information content (AvgIpc) is 3.13. The fourth-order valence-electron chi connectivity index (χ4n) is 7.02. The minimum Gasteiger partial charge on any atom is -0.856 e. The summed E-state index contributed by atoms with van der Waals surface area (Å²) in [5.41, 5.74) is 1.02. The van der Waals surface area contributed by atoms with Crippen molar-refractivity contribution in [1.82, 2.24) is 0 Å². The van der Waals surface area contributed by atoms with Crippen LogP contribution in [0.3, 0.4) is 0 Å². The van der Waals surface area contributed by atoms with Gasteiger partial charge in [-0.25, -0.2) is 0 Å². The lowest BCUT2D eigenvalue weighted by molar-refractivity contribution is -0.942. The highest BCUT2D eigenvalue weighted by atomic mass is 16.5. The highest BCUT2D eigenvalue weighted by molar-refractivity contribution is 5.77. The van der Waals surface area contributed by atoms with Gasteiger partial charge in [0, 0.05) is 13.2 Å². The first-order valence-electron chi connectivity index (χ1n) is 18.4. The predicted octanol–water partition coefficient (Wildman–Crippen LogP) is 2.12. The fourth-order valence-corrected chi connectivity index (χ4v) is 7.02. The minimum atomic E-state index is -1.32. The van der Waals surface area contributed by atoms with Gasteiger partial charge in [0.15, 0.2) is 0 Å². The minimum absolute atomic E-state index is 0.117. The number of aliphatic hydroxyl groups excluding tert-OH is 4. The van der Waals surface area contributed by atoms with Gasteiger partial charge in [-0.15, -0.1) is 10.2 Å². The number of benzene rings is 2. The number of unbranched alkanes of at least 4 members (excludes halogenated alkanes) is 3. The van der Waals surface area contributed by atoms with Gasteiger partial charge in [-0.3, -0.25) is 0 Å². The second kappa shape index (κ2) is 20.8. The Morgan fingerprint density at radius 2 is 0.920 bits per heavy atom. The van der Waals surface area contributed by atoms with E-state index < -0.39 is 36.2 Å². The van der Waals surface area contributed by atoms with E-state index in [1.54, 1.807) is 48.5 Å². The molecular weight excluding hydrogens is 640 g/mol. The van der Waals surface area contributed by atoms with Crippen LogP contribution in [0.4, 0.5) is 0 Å². The summed E-state index contributed by atoms with van der Waals surface area (Å²) in [6, 6.07) is 17.6. The Bertz CT molecular complexity index is 1190. The molecule has 12 heteroatoms. The molecule has 2 fully saturated rings. The van der Waals surface area contributed by atoms with Gasteiger partial charge in [0.25, 0.3) is 0 Å². The first-order chi connectivity index (χ1) is 24.2. The number of piperidine rings is 2. The number of aliphatic hydroxyl groups is 4. The van der Waals surface area contributed by atoms with Crippen LogP contribution in [0.25, 0.3) is 0 Å². The first-order valence-corrected chi connectivity index (χ1v) is 18.4. The van der Waals surface area contributed by atoms with Crippen LogP contribution in [0.2, 0.25) is 0 Å². The van der Waals surface area contributed by atoms with Crippen molar-refractivity contribution >= 4 is 11.8 Å². The molecule has 2 saturated heterocycles. The van der Waals surface area contributed by atoms with Crippen LogP contribution in [0.1, 0.15) is 87.5 Å². The zero-order chi connectivity index (χ0) is 35.7. The van der Waals surface area contributed by atoms with E-state index >= 15 is 0 Å². The van der Waals surface area contributed by atoms with Crippen LogP contribution in [0.15, 0.2) is 70.9 Å². The van der Waals surface area contributed by atoms with Crippen molar-refractivity contribution in [2.75, 3.05) is 65.7 Å². The number of nitrogens with zero attached hydrogens (tertiary/aromatic N) is 4. The van der Waals surface area contributed by atoms with Crippen LogP contribution >= 0.6 is 0 Å². The van der Waals surface area contributed by atoms with E-state index in [4.69, 9.17) is 9.47 Å². The van der Waals surface area contributed by atoms with Gasteiger partial charge in [0.1, 0.15) is 63.7 Å². The zero-order valence-corrected chi connectivity index (χ0v) is 29.4. The number of quaternary nitrogens is 2. The molecule has 0 radical (unpaired) electrons. The summed E-state index contributed by atoms with van der Waals surface area (Å²) in [6.45, 7) is 4.50. The summed E-state index contributed by atoms with van der Waals surface area (Å²) >= 11 is 0. The Morgan fingerprint density at radius 3 is 1.28 bits per heavy atom. The lowest BCUT2D eigenvalue weighted by Crippen LogP contribution is -2.53. The first kappa shape index (κ1) is 39.8. The van der Waals surface area contributed by atoms with E-state index in [9.17, 15) is 30.6 Å². The Hall–Kier alpha value is -2.94. The molecule has 2 heterocycles. The molecule has 0 saturated carbocycles. The third kappa shape index (κ3) is 13.0. The van der Waals surface area contributed by atoms with E-state index in [2.05, 4.69) is 10.2 Å². The fraction of sp³-hybridized carbons (Fsp3) is 0.632. The molecule has 4 rings (SSSR count). The molecular formula is C38H58N4O8. The largest absolute Gasteiger partial charge is 0.856 e. The second-order valence-electron chi connectivity index (χ2n) is 13.9. The third-order valence-electron chi connectivity index (χ3n) is 9.67. The normalized spacial score (nSPS) is 20.6. The number of hydrogen-bond donors (Lipinski definition) is 4. The summed E-state index contributed by atoms with van der Waals surface area (Å²) in [5, 5.41) is 77.2. The van der Waals surface area contributed by atoms with Crippen molar-refractivity contribution in [1.29, 1.82) is 0 Å². The van der Waals surface area contributed by atoms with Crippen molar-refractivity contribution in [3.63, 3.8) is 0 Å². The average molecular weight is 699 g/mol. The van der Waals surface area contributed by atoms with Gasteiger partial charge in [0.05, 0.1) is 25.0 Å². The van der Waals surface area contributed by atoms with Crippen molar-refractivity contribution in [3.05, 3.63) is 71.8 Å². The molecule has 0 aliphatic carbocycles. The van der Waals surface area contributed by atoms with E-state index in [0.29, 0.717) is 50.5 Å². The monoisotopic (exact) mass is 698 g/mol. The lowest BCUT2D eigenvalue weighted by Gasteiger charge is -2.38. The van der Waals surface area contributed by atoms with Crippen LogP contribution in [0, 0.1) is 0 Å². The maximum absolute atomic E-state index is 12.9. The maximum Gasteiger partial charge on any atom is 0.131 e. The van der Waals surface area contributed by atoms with Gasteiger partial charge >= 0.3 is 0 Å². The molecule has 0 aromatic heterocycles. The van der Waals surface area contributed by atoms with E-state index in [0.717, 1.165) is 64.2 Å². The Balaban J connectivity index is 1.10. The molecule has 4 N–H and O–H groups in total. The molecule has 2 aromatic carbocycles. The molecule has 4 atom stereocenters. The second-order valence-corrected chi connectivity index (χ2v) is 13.9. The predicted molar refractivity (Wildman–Crippen MR) is 187 cm³/mol. The van der Waals surface area contributed by atoms with Gasteiger partial charge < -0.3 is 40.1 Å². The maximum atomic E-state index is 12.9. The van der Waals surface area contributed by atoms with Crippen molar-refractivity contribution in [2.24, 2.45) is 10.2 Å². The molecule has 278 valence electrons. The smallest absolute Gasteiger partial charge is 0.131 e. The number of ether oxygens (including phenoxy) is 2. The van der Waals surface area contributed by atoms with E-state index in [1.165, 1.54) is 0 Å². The SMILES string of the molecule is [O-]/C(=N\[N+]1(CC(O)COCCCCCCOCC(O)C[N+]2(/N=C(\[O-])C(O)c3ccccc3)CCCCC2)CCCCC1)C(O)c1ccccc1. The summed E-state index contributed by atoms with van der Waals surface area (Å²) in [6.07, 6.45) is 5.13. The molecule has 0 spiro atoms. The lowest BCUT2D eigenvalue weighted by atomic mass is 10.1. The molecule has 4 unspecified atom stereocenters. The molecule has 0 bridgehead atoms. The zero-order valence-electron chi connectivity index (χ0n) is 29.4. The molecule has 12 nitrogen and oxygen atoms in total. The van der Waals surface area contributed by atoms with Gasteiger partial charge in [-0.2, -0.15) is 9.18 Å². The van der Waals surface area contributed by atoms with Crippen molar-refractivity contribution < 1.29 is 49.3 Å². The van der Waals surface area contributed by atoms with Crippen molar-refractivity contribution in [2.45, 2.75) is 88.6 Å². The molecule has 2 aromatic rings. The Labute approximate surface area is 297 Å². The summed E-state index contributed by atoms with van der Waals surface area (Å²) in [7, 11) is 0. The molecule has 0 amide bonds. The Morgan fingerprint density at radius 1 is 0.560 bits per heavy atom. The van der Waals surface area contributed by atoms with Gasteiger partial charge in [-0.05, 0) is 62.5 Å². The van der Waals surface area contributed by atoms with Crippen LogP contribution in [-0.4, -0.2) is 119 Å². The van der Waals surface area contributed by atoms with E-state index in [-0.39, 0.29) is 35.5 Å². The van der Waals surface area contributed by atoms with Gasteiger partial charge in [-0.1, -0.05) is 73.5 Å². The third-order valence-corrected chi connectivity index (χ3v) is 9.67. The van der Waals surface area contributed by atoms with Gasteiger partial charge in [0.2, 0.25) is 0 Å². The Kier molecular flexibility index (Phi) is 16.6. The number of likely N-dealkylation sites (tertiary alicyclic amines) is 2. The highest BCUT2D eigenvalue weighted by Gasteiger charge is 2.35. The van der Waals surface area contributed by atoms with Crippen LogP contribution in [0.5, 0.6) is 0 Å². The molecule has 2 aliphatic rings. The van der Waals surface area contributed by atoms with Crippen molar-refractivity contribution in [3.8, 4) is 0 Å². The summed E-state index contributed by atoms with van der Waals surface area (Å²) < 4.78 is 11.8. The quantitative estimate of drug-likeness (QED) is 0.0665. The molecule has 50 heavy (non-hydrogen) atoms. The number of hydrogen-bond acceptors (Lipinski definition) is 10. The van der Waals surface area contributed by atoms with Crippen LogP contribution < -0.4 is 10.2 Å².